The number of carboxylic acid groups (broad SMARTS) is 1. The Bertz CT molecular complexity index is 277. The highest BCUT2D eigenvalue weighted by Crippen LogP contribution is 2.27. The highest BCUT2D eigenvalue weighted by Gasteiger charge is 2.23. The molecule has 0 spiro atoms. The molecule has 0 aromatic rings. The minimum absolute atomic E-state index is 0.0828. The summed E-state index contributed by atoms with van der Waals surface area (Å²) in [6.45, 7) is 1.67. The molecule has 0 saturated heterocycles. The predicted octanol–water partition coefficient (Wildman–Crippen LogP) is 0.310. The minimum Gasteiger partial charge on any atom is -0.479 e. The zero-order chi connectivity index (χ0) is 12.8. The van der Waals surface area contributed by atoms with Crippen molar-refractivity contribution >= 4 is 12.0 Å². The van der Waals surface area contributed by atoms with Gasteiger partial charge < -0.3 is 20.8 Å². The maximum absolute atomic E-state index is 11.4. The maximum atomic E-state index is 11.4. The van der Waals surface area contributed by atoms with E-state index < -0.39 is 18.1 Å². The summed E-state index contributed by atoms with van der Waals surface area (Å²) in [5, 5.41) is 22.5. The van der Waals surface area contributed by atoms with Gasteiger partial charge in [0.25, 0.3) is 0 Å². The first-order valence-electron chi connectivity index (χ1n) is 5.96. The van der Waals surface area contributed by atoms with Crippen molar-refractivity contribution in [2.45, 2.75) is 44.8 Å². The third kappa shape index (κ3) is 4.60. The fourth-order valence-electron chi connectivity index (χ4n) is 2.11. The highest BCUT2D eigenvalue weighted by molar-refractivity contribution is 5.76. The molecule has 1 saturated carbocycles. The molecule has 2 atom stereocenters. The SMILES string of the molecule is CC(NC(=O)NCC(O)C(=O)O)C1CCCC1. The van der Waals surface area contributed by atoms with Gasteiger partial charge in [0.2, 0.25) is 0 Å². The quantitative estimate of drug-likeness (QED) is 0.559. The van der Waals surface area contributed by atoms with E-state index in [1.54, 1.807) is 0 Å². The summed E-state index contributed by atoms with van der Waals surface area (Å²) in [6, 6.07) is -0.343. The number of carbonyl (C=O) groups is 2. The number of nitrogens with one attached hydrogen (secondary N) is 2. The lowest BCUT2D eigenvalue weighted by molar-refractivity contribution is -0.146. The van der Waals surface area contributed by atoms with E-state index in [9.17, 15) is 9.59 Å². The Labute approximate surface area is 100 Å². The number of carbonyl (C=O) groups excluding carboxylic acids is 1. The van der Waals surface area contributed by atoms with Gasteiger partial charge >= 0.3 is 12.0 Å². The summed E-state index contributed by atoms with van der Waals surface area (Å²) in [4.78, 5) is 21.7. The number of hydrogen-bond acceptors (Lipinski definition) is 3. The van der Waals surface area contributed by atoms with Crippen LogP contribution in [0.3, 0.4) is 0 Å². The first-order chi connectivity index (χ1) is 8.00. The molecule has 98 valence electrons. The van der Waals surface area contributed by atoms with Gasteiger partial charge in [-0.2, -0.15) is 0 Å². The van der Waals surface area contributed by atoms with Crippen LogP contribution in [0.2, 0.25) is 0 Å². The Morgan fingerprint density at radius 2 is 1.94 bits per heavy atom. The summed E-state index contributed by atoms with van der Waals surface area (Å²) in [6.07, 6.45) is 3.10. The smallest absolute Gasteiger partial charge is 0.334 e. The highest BCUT2D eigenvalue weighted by atomic mass is 16.4. The van der Waals surface area contributed by atoms with Crippen molar-refractivity contribution in [3.8, 4) is 0 Å². The fraction of sp³-hybridized carbons (Fsp3) is 0.818. The Hall–Kier alpha value is -1.30. The van der Waals surface area contributed by atoms with E-state index >= 15 is 0 Å². The standard InChI is InChI=1S/C11H20N2O4/c1-7(8-4-2-3-5-8)13-11(17)12-6-9(14)10(15)16/h7-9,14H,2-6H2,1H3,(H,15,16)(H2,12,13,17). The van der Waals surface area contributed by atoms with Gasteiger partial charge in [-0.05, 0) is 25.7 Å². The first kappa shape index (κ1) is 13.8. The van der Waals surface area contributed by atoms with Crippen LogP contribution < -0.4 is 10.6 Å². The average Bonchev–Trinajstić information content (AvgIpc) is 2.78. The number of amides is 2. The van der Waals surface area contributed by atoms with Gasteiger partial charge in [-0.3, -0.25) is 0 Å². The van der Waals surface area contributed by atoms with E-state index in [1.165, 1.54) is 12.8 Å². The molecule has 1 fully saturated rings. The van der Waals surface area contributed by atoms with Gasteiger partial charge in [-0.1, -0.05) is 12.8 Å². The lowest BCUT2D eigenvalue weighted by Gasteiger charge is -2.20. The van der Waals surface area contributed by atoms with Crippen molar-refractivity contribution in [3.05, 3.63) is 0 Å². The molecular formula is C11H20N2O4. The van der Waals surface area contributed by atoms with E-state index in [-0.39, 0.29) is 12.6 Å². The molecule has 0 aliphatic heterocycles. The third-order valence-corrected chi connectivity index (χ3v) is 3.21. The zero-order valence-corrected chi connectivity index (χ0v) is 9.98. The first-order valence-corrected chi connectivity index (χ1v) is 5.96. The lowest BCUT2D eigenvalue weighted by Crippen LogP contribution is -2.46. The second kappa shape index (κ2) is 6.44. The van der Waals surface area contributed by atoms with Crippen LogP contribution in [0.15, 0.2) is 0 Å². The largest absolute Gasteiger partial charge is 0.479 e. The monoisotopic (exact) mass is 244 g/mol. The van der Waals surface area contributed by atoms with Crippen molar-refractivity contribution in [1.82, 2.24) is 10.6 Å². The molecule has 0 radical (unpaired) electrons. The van der Waals surface area contributed by atoms with Gasteiger partial charge in [-0.15, -0.1) is 0 Å². The van der Waals surface area contributed by atoms with E-state index in [0.29, 0.717) is 5.92 Å². The molecule has 4 N–H and O–H groups in total. The van der Waals surface area contributed by atoms with Crippen LogP contribution in [0.4, 0.5) is 4.79 Å². The lowest BCUT2D eigenvalue weighted by atomic mass is 10.0. The Morgan fingerprint density at radius 1 is 1.35 bits per heavy atom. The second-order valence-electron chi connectivity index (χ2n) is 4.54. The molecule has 6 heteroatoms. The third-order valence-electron chi connectivity index (χ3n) is 3.21. The summed E-state index contributed by atoms with van der Waals surface area (Å²) < 4.78 is 0. The van der Waals surface area contributed by atoms with Crippen LogP contribution in [0.1, 0.15) is 32.6 Å². The summed E-state index contributed by atoms with van der Waals surface area (Å²) in [7, 11) is 0. The van der Waals surface area contributed by atoms with Crippen LogP contribution in [0.5, 0.6) is 0 Å². The summed E-state index contributed by atoms with van der Waals surface area (Å²) in [5.74, 6) is -0.834. The summed E-state index contributed by atoms with van der Waals surface area (Å²) in [5.41, 5.74) is 0. The average molecular weight is 244 g/mol. The van der Waals surface area contributed by atoms with Gasteiger partial charge in [0.15, 0.2) is 6.10 Å². The Balaban J connectivity index is 2.22. The fourth-order valence-corrected chi connectivity index (χ4v) is 2.11. The molecule has 17 heavy (non-hydrogen) atoms. The molecule has 1 aliphatic carbocycles. The topological polar surface area (TPSA) is 98.7 Å². The Kier molecular flexibility index (Phi) is 5.21. The maximum Gasteiger partial charge on any atom is 0.334 e. The van der Waals surface area contributed by atoms with Gasteiger partial charge in [0.1, 0.15) is 0 Å². The molecule has 2 amide bonds. The van der Waals surface area contributed by atoms with E-state index in [0.717, 1.165) is 12.8 Å². The normalized spacial score (nSPS) is 19.6. The number of aliphatic hydroxyl groups excluding tert-OH is 1. The van der Waals surface area contributed by atoms with Crippen LogP contribution in [0, 0.1) is 5.92 Å². The van der Waals surface area contributed by atoms with Gasteiger partial charge in [0.05, 0.1) is 6.54 Å². The van der Waals surface area contributed by atoms with Crippen LogP contribution in [-0.2, 0) is 4.79 Å². The van der Waals surface area contributed by atoms with Gasteiger partial charge in [-0.25, -0.2) is 9.59 Å². The van der Waals surface area contributed by atoms with E-state index in [2.05, 4.69) is 10.6 Å². The van der Waals surface area contributed by atoms with E-state index in [1.807, 2.05) is 6.92 Å². The molecule has 0 bridgehead atoms. The molecular weight excluding hydrogens is 224 g/mol. The van der Waals surface area contributed by atoms with Crippen LogP contribution in [-0.4, -0.2) is 40.9 Å². The number of aliphatic carboxylic acids is 1. The zero-order valence-electron chi connectivity index (χ0n) is 9.98. The predicted molar refractivity (Wildman–Crippen MR) is 61.6 cm³/mol. The number of urea groups is 1. The van der Waals surface area contributed by atoms with Crippen molar-refractivity contribution < 1.29 is 19.8 Å². The van der Waals surface area contributed by atoms with Crippen molar-refractivity contribution in [2.75, 3.05) is 6.54 Å². The van der Waals surface area contributed by atoms with Crippen molar-refractivity contribution in [1.29, 1.82) is 0 Å². The molecule has 0 aromatic carbocycles. The molecule has 1 aliphatic rings. The number of hydrogen-bond donors (Lipinski definition) is 4. The summed E-state index contributed by atoms with van der Waals surface area (Å²) >= 11 is 0. The molecule has 1 rings (SSSR count). The van der Waals surface area contributed by atoms with Crippen molar-refractivity contribution in [3.63, 3.8) is 0 Å². The van der Waals surface area contributed by atoms with Crippen molar-refractivity contribution in [2.24, 2.45) is 5.92 Å². The molecule has 0 aromatic heterocycles. The van der Waals surface area contributed by atoms with E-state index in [4.69, 9.17) is 10.2 Å². The molecule has 2 unspecified atom stereocenters. The van der Waals surface area contributed by atoms with Crippen LogP contribution >= 0.6 is 0 Å². The number of aliphatic hydroxyl groups is 1. The Morgan fingerprint density at radius 3 is 2.47 bits per heavy atom. The molecule has 6 nitrogen and oxygen atoms in total. The number of carboxylic acids is 1. The van der Waals surface area contributed by atoms with Crippen LogP contribution in [0.25, 0.3) is 0 Å². The van der Waals surface area contributed by atoms with Gasteiger partial charge in [0, 0.05) is 6.04 Å². The minimum atomic E-state index is -1.55. The molecule has 0 heterocycles. The second-order valence-corrected chi connectivity index (χ2v) is 4.54. The number of rotatable bonds is 5.